The van der Waals surface area contributed by atoms with Crippen molar-refractivity contribution in [2.24, 2.45) is 0 Å². The predicted molar refractivity (Wildman–Crippen MR) is 68.2 cm³/mol. The van der Waals surface area contributed by atoms with Crippen LogP contribution in [0, 0.1) is 0 Å². The van der Waals surface area contributed by atoms with Crippen LogP contribution in [0.1, 0.15) is 18.9 Å². The zero-order valence-electron chi connectivity index (χ0n) is 10.0. The van der Waals surface area contributed by atoms with Crippen LogP contribution in [0.15, 0.2) is 18.2 Å². The number of hydrogen-bond donors (Lipinski definition) is 2. The van der Waals surface area contributed by atoms with E-state index in [1.165, 1.54) is 11.3 Å². The first-order valence-electron chi connectivity index (χ1n) is 5.92. The molecule has 1 heterocycles. The summed E-state index contributed by atoms with van der Waals surface area (Å²) in [7, 11) is 2.13. The molecule has 0 amide bonds. The van der Waals surface area contributed by atoms with E-state index in [2.05, 4.69) is 42.4 Å². The molecule has 0 saturated carbocycles. The van der Waals surface area contributed by atoms with Crippen molar-refractivity contribution in [3.05, 3.63) is 23.8 Å². The molecule has 2 rings (SSSR count). The Kier molecular flexibility index (Phi) is 3.34. The molecule has 0 aromatic heterocycles. The van der Waals surface area contributed by atoms with E-state index in [9.17, 15) is 0 Å². The van der Waals surface area contributed by atoms with Gasteiger partial charge in [0.1, 0.15) is 0 Å². The zero-order chi connectivity index (χ0) is 11.5. The fourth-order valence-corrected chi connectivity index (χ4v) is 2.21. The van der Waals surface area contributed by atoms with Gasteiger partial charge in [-0.3, -0.25) is 0 Å². The van der Waals surface area contributed by atoms with Crippen LogP contribution in [0.3, 0.4) is 0 Å². The van der Waals surface area contributed by atoms with Gasteiger partial charge in [-0.05, 0) is 43.5 Å². The van der Waals surface area contributed by atoms with E-state index >= 15 is 0 Å². The second kappa shape index (κ2) is 4.74. The summed E-state index contributed by atoms with van der Waals surface area (Å²) in [6, 6.07) is 6.85. The third kappa shape index (κ3) is 2.30. The smallest absolute Gasteiger partial charge is 0.0450 e. The monoisotopic (exact) mass is 220 g/mol. The molecule has 88 valence electrons. The molecule has 0 fully saturated rings. The lowest BCUT2D eigenvalue weighted by Crippen LogP contribution is -2.16. The van der Waals surface area contributed by atoms with Gasteiger partial charge >= 0.3 is 0 Å². The van der Waals surface area contributed by atoms with Gasteiger partial charge in [-0.15, -0.1) is 0 Å². The first-order valence-corrected chi connectivity index (χ1v) is 5.92. The molecule has 1 unspecified atom stereocenters. The molecule has 0 saturated heterocycles. The highest BCUT2D eigenvalue weighted by Gasteiger charge is 2.15. The maximum Gasteiger partial charge on any atom is 0.0450 e. The van der Waals surface area contributed by atoms with Crippen LogP contribution in [0.4, 0.5) is 11.4 Å². The van der Waals surface area contributed by atoms with E-state index in [0.717, 1.165) is 25.1 Å². The van der Waals surface area contributed by atoms with Crippen LogP contribution >= 0.6 is 0 Å². The number of aliphatic hydroxyl groups is 1. The standard InChI is InChI=1S/C13H20N2O/c1-10(6-8-16)14-12-3-4-13-11(9-12)5-7-15(13)2/h3-4,9-10,14,16H,5-8H2,1-2H3. The quantitative estimate of drug-likeness (QED) is 0.813. The molecule has 0 radical (unpaired) electrons. The first kappa shape index (κ1) is 11.3. The van der Waals surface area contributed by atoms with Crippen molar-refractivity contribution in [3.63, 3.8) is 0 Å². The maximum absolute atomic E-state index is 8.86. The number of nitrogens with zero attached hydrogens (tertiary/aromatic N) is 1. The van der Waals surface area contributed by atoms with E-state index in [1.807, 2.05) is 0 Å². The third-order valence-electron chi connectivity index (χ3n) is 3.18. The average molecular weight is 220 g/mol. The average Bonchev–Trinajstić information content (AvgIpc) is 2.60. The minimum Gasteiger partial charge on any atom is -0.396 e. The Bertz CT molecular complexity index is 365. The summed E-state index contributed by atoms with van der Waals surface area (Å²) < 4.78 is 0. The Hall–Kier alpha value is -1.22. The molecule has 0 bridgehead atoms. The normalized spacial score (nSPS) is 16.1. The fourth-order valence-electron chi connectivity index (χ4n) is 2.21. The SMILES string of the molecule is CC(CCO)Nc1ccc2c(c1)CCN2C. The minimum absolute atomic E-state index is 0.238. The molecule has 16 heavy (non-hydrogen) atoms. The van der Waals surface area contributed by atoms with Crippen LogP contribution in [-0.2, 0) is 6.42 Å². The van der Waals surface area contributed by atoms with E-state index in [-0.39, 0.29) is 6.61 Å². The lowest BCUT2D eigenvalue weighted by molar-refractivity contribution is 0.282. The number of benzene rings is 1. The summed E-state index contributed by atoms with van der Waals surface area (Å²) in [6.45, 7) is 3.45. The van der Waals surface area contributed by atoms with Gasteiger partial charge in [0, 0.05) is 37.6 Å². The summed E-state index contributed by atoms with van der Waals surface area (Å²) >= 11 is 0. The van der Waals surface area contributed by atoms with Gasteiger partial charge in [-0.2, -0.15) is 0 Å². The highest BCUT2D eigenvalue weighted by Crippen LogP contribution is 2.29. The fraction of sp³-hybridized carbons (Fsp3) is 0.538. The molecular formula is C13H20N2O. The van der Waals surface area contributed by atoms with Gasteiger partial charge in [0.2, 0.25) is 0 Å². The zero-order valence-corrected chi connectivity index (χ0v) is 10.0. The van der Waals surface area contributed by atoms with Crippen LogP contribution in [0.5, 0.6) is 0 Å². The van der Waals surface area contributed by atoms with Crippen LogP contribution in [0.2, 0.25) is 0 Å². The summed E-state index contributed by atoms with van der Waals surface area (Å²) in [5.41, 5.74) is 3.93. The van der Waals surface area contributed by atoms with Crippen LogP contribution < -0.4 is 10.2 Å². The number of anilines is 2. The highest BCUT2D eigenvalue weighted by molar-refractivity contribution is 5.63. The molecule has 1 atom stereocenters. The van der Waals surface area contributed by atoms with Gasteiger partial charge < -0.3 is 15.3 Å². The second-order valence-electron chi connectivity index (χ2n) is 4.57. The van der Waals surface area contributed by atoms with Crippen molar-refractivity contribution in [1.82, 2.24) is 0 Å². The number of hydrogen-bond acceptors (Lipinski definition) is 3. The Morgan fingerprint density at radius 3 is 3.06 bits per heavy atom. The van der Waals surface area contributed by atoms with Crippen molar-refractivity contribution in [2.45, 2.75) is 25.8 Å². The van der Waals surface area contributed by atoms with Crippen molar-refractivity contribution in [3.8, 4) is 0 Å². The summed E-state index contributed by atoms with van der Waals surface area (Å²) in [5, 5.41) is 12.3. The van der Waals surface area contributed by atoms with E-state index in [0.29, 0.717) is 6.04 Å². The lowest BCUT2D eigenvalue weighted by Gasteiger charge is -2.16. The van der Waals surface area contributed by atoms with E-state index in [1.54, 1.807) is 0 Å². The number of aliphatic hydroxyl groups excluding tert-OH is 1. The molecular weight excluding hydrogens is 200 g/mol. The topological polar surface area (TPSA) is 35.5 Å². The molecule has 3 heteroatoms. The Morgan fingerprint density at radius 1 is 1.50 bits per heavy atom. The van der Waals surface area contributed by atoms with E-state index < -0.39 is 0 Å². The molecule has 2 N–H and O–H groups in total. The van der Waals surface area contributed by atoms with Gasteiger partial charge in [-0.1, -0.05) is 0 Å². The summed E-state index contributed by atoms with van der Waals surface area (Å²) in [4.78, 5) is 2.29. The predicted octanol–water partition coefficient (Wildman–Crippen LogP) is 1.86. The second-order valence-corrected chi connectivity index (χ2v) is 4.57. The minimum atomic E-state index is 0.238. The Morgan fingerprint density at radius 2 is 2.31 bits per heavy atom. The van der Waals surface area contributed by atoms with Crippen molar-refractivity contribution in [1.29, 1.82) is 0 Å². The van der Waals surface area contributed by atoms with Crippen molar-refractivity contribution >= 4 is 11.4 Å². The van der Waals surface area contributed by atoms with Gasteiger partial charge in [0.25, 0.3) is 0 Å². The van der Waals surface area contributed by atoms with Crippen molar-refractivity contribution < 1.29 is 5.11 Å². The Labute approximate surface area is 97.1 Å². The van der Waals surface area contributed by atoms with Gasteiger partial charge in [0.15, 0.2) is 0 Å². The molecule has 0 spiro atoms. The molecule has 0 aliphatic carbocycles. The molecule has 1 aromatic carbocycles. The highest BCUT2D eigenvalue weighted by atomic mass is 16.3. The Balaban J connectivity index is 2.07. The largest absolute Gasteiger partial charge is 0.396 e. The molecule has 1 aliphatic heterocycles. The summed E-state index contributed by atoms with van der Waals surface area (Å²) in [5.74, 6) is 0. The number of nitrogens with one attached hydrogen (secondary N) is 1. The van der Waals surface area contributed by atoms with Crippen LogP contribution in [0.25, 0.3) is 0 Å². The van der Waals surface area contributed by atoms with E-state index in [4.69, 9.17) is 5.11 Å². The molecule has 1 aliphatic rings. The molecule has 3 nitrogen and oxygen atoms in total. The number of rotatable bonds is 4. The lowest BCUT2D eigenvalue weighted by atomic mass is 10.1. The number of likely N-dealkylation sites (N-methyl/N-ethyl adjacent to an activating group) is 1. The van der Waals surface area contributed by atoms with Crippen molar-refractivity contribution in [2.75, 3.05) is 30.4 Å². The van der Waals surface area contributed by atoms with Crippen LogP contribution in [-0.4, -0.2) is 31.3 Å². The first-order chi connectivity index (χ1) is 7.70. The maximum atomic E-state index is 8.86. The third-order valence-corrected chi connectivity index (χ3v) is 3.18. The number of fused-ring (bicyclic) bond motifs is 1. The summed E-state index contributed by atoms with van der Waals surface area (Å²) in [6.07, 6.45) is 1.92. The van der Waals surface area contributed by atoms with Gasteiger partial charge in [-0.25, -0.2) is 0 Å². The van der Waals surface area contributed by atoms with Gasteiger partial charge in [0.05, 0.1) is 0 Å². The molecule has 1 aromatic rings.